The second kappa shape index (κ2) is 7.70. The number of carbonyl (C=O) groups excluding carboxylic acids is 1. The second-order valence-corrected chi connectivity index (χ2v) is 7.11. The molecule has 2 aliphatic heterocycles. The minimum atomic E-state index is -0.246. The van der Waals surface area contributed by atoms with Crippen molar-refractivity contribution in [2.75, 3.05) is 26.8 Å². The zero-order valence-electron chi connectivity index (χ0n) is 15.5. The van der Waals surface area contributed by atoms with Gasteiger partial charge < -0.3 is 14.4 Å². The van der Waals surface area contributed by atoms with Crippen molar-refractivity contribution < 1.29 is 14.3 Å². The van der Waals surface area contributed by atoms with Gasteiger partial charge in [-0.25, -0.2) is 9.97 Å². The highest BCUT2D eigenvalue weighted by Crippen LogP contribution is 2.37. The van der Waals surface area contributed by atoms with E-state index in [1.165, 1.54) is 0 Å². The van der Waals surface area contributed by atoms with E-state index in [1.54, 1.807) is 31.9 Å². The summed E-state index contributed by atoms with van der Waals surface area (Å²) in [7, 11) is 1.75. The maximum Gasteiger partial charge on any atom is 0.256 e. The number of hydrogen-bond acceptors (Lipinski definition) is 6. The minimum Gasteiger partial charge on any atom is -0.378 e. The van der Waals surface area contributed by atoms with Gasteiger partial charge in [-0.05, 0) is 37.8 Å². The van der Waals surface area contributed by atoms with E-state index in [9.17, 15) is 4.79 Å². The first-order valence-corrected chi connectivity index (χ1v) is 9.40. The summed E-state index contributed by atoms with van der Waals surface area (Å²) >= 11 is 0. The number of hydrogen-bond donors (Lipinski definition) is 0. The molecule has 4 rings (SSSR count). The fourth-order valence-corrected chi connectivity index (χ4v) is 4.05. The van der Waals surface area contributed by atoms with Crippen LogP contribution in [0.3, 0.4) is 0 Å². The van der Waals surface area contributed by atoms with Gasteiger partial charge in [-0.2, -0.15) is 0 Å². The highest BCUT2D eigenvalue weighted by molar-refractivity contribution is 5.93. The molecule has 2 aromatic heterocycles. The molecule has 2 aliphatic rings. The van der Waals surface area contributed by atoms with E-state index < -0.39 is 0 Å². The van der Waals surface area contributed by atoms with E-state index >= 15 is 0 Å². The van der Waals surface area contributed by atoms with Crippen LogP contribution in [0.15, 0.2) is 36.9 Å². The molecule has 142 valence electrons. The average Bonchev–Trinajstić information content (AvgIpc) is 2.75. The number of amides is 1. The molecule has 2 saturated heterocycles. The predicted octanol–water partition coefficient (Wildman–Crippen LogP) is 2.34. The number of piperidine rings is 1. The summed E-state index contributed by atoms with van der Waals surface area (Å²) in [5.74, 6) is 0.531. The molecule has 0 saturated carbocycles. The smallest absolute Gasteiger partial charge is 0.256 e. The van der Waals surface area contributed by atoms with Crippen LogP contribution in [0, 0.1) is 0 Å². The van der Waals surface area contributed by atoms with E-state index in [0.29, 0.717) is 24.5 Å². The van der Waals surface area contributed by atoms with Crippen molar-refractivity contribution in [1.82, 2.24) is 19.9 Å². The number of pyridine rings is 1. The fourth-order valence-electron chi connectivity index (χ4n) is 4.05. The summed E-state index contributed by atoms with van der Waals surface area (Å²) in [6, 6.07) is 3.73. The number of ether oxygens (including phenoxy) is 2. The number of nitrogens with zero attached hydrogens (tertiary/aromatic N) is 4. The topological polar surface area (TPSA) is 77.4 Å². The van der Waals surface area contributed by atoms with Gasteiger partial charge in [0.25, 0.3) is 5.91 Å². The largest absolute Gasteiger partial charge is 0.378 e. The van der Waals surface area contributed by atoms with Crippen LogP contribution in [-0.4, -0.2) is 64.3 Å². The molecular weight excluding hydrogens is 344 g/mol. The lowest BCUT2D eigenvalue weighted by atomic mass is 9.81. The van der Waals surface area contributed by atoms with Crippen LogP contribution in [0.5, 0.6) is 0 Å². The molecule has 27 heavy (non-hydrogen) atoms. The molecule has 1 amide bonds. The quantitative estimate of drug-likeness (QED) is 0.828. The Morgan fingerprint density at radius 2 is 2.04 bits per heavy atom. The molecule has 0 N–H and O–H groups in total. The van der Waals surface area contributed by atoms with Crippen molar-refractivity contribution in [1.29, 1.82) is 0 Å². The highest BCUT2D eigenvalue weighted by atomic mass is 16.5. The molecule has 7 nitrogen and oxygen atoms in total. The summed E-state index contributed by atoms with van der Waals surface area (Å²) in [6.07, 6.45) is 10.4. The first-order valence-electron chi connectivity index (χ1n) is 9.40. The number of carbonyl (C=O) groups is 1. The Morgan fingerprint density at radius 1 is 1.26 bits per heavy atom. The standard InChI is InChI=1S/C20H24N4O3/c1-26-17-5-3-11-27-20(17)6-9-24(10-7-20)19(25)16-13-22-18(23-14-16)15-4-2-8-21-12-15/h2,4,8,12-14,17H,3,5-7,9-11H2,1H3/t17-/m0/s1. The summed E-state index contributed by atoms with van der Waals surface area (Å²) in [5, 5.41) is 0. The molecule has 0 radical (unpaired) electrons. The van der Waals surface area contributed by atoms with Gasteiger partial charge in [0, 0.05) is 57.2 Å². The van der Waals surface area contributed by atoms with Crippen molar-refractivity contribution in [3.63, 3.8) is 0 Å². The highest BCUT2D eigenvalue weighted by Gasteiger charge is 2.45. The fraction of sp³-hybridized carbons (Fsp3) is 0.500. The van der Waals surface area contributed by atoms with E-state index in [2.05, 4.69) is 15.0 Å². The van der Waals surface area contributed by atoms with Gasteiger partial charge in [-0.15, -0.1) is 0 Å². The number of aromatic nitrogens is 3. The molecule has 7 heteroatoms. The van der Waals surface area contributed by atoms with Crippen LogP contribution in [0.25, 0.3) is 11.4 Å². The lowest BCUT2D eigenvalue weighted by Gasteiger charge is -2.48. The van der Waals surface area contributed by atoms with Gasteiger partial charge in [0.2, 0.25) is 0 Å². The van der Waals surface area contributed by atoms with Crippen LogP contribution in [0.1, 0.15) is 36.0 Å². The molecule has 0 unspecified atom stereocenters. The molecule has 1 spiro atoms. The molecule has 4 heterocycles. The van der Waals surface area contributed by atoms with Crippen LogP contribution < -0.4 is 0 Å². The Hall–Kier alpha value is -2.38. The van der Waals surface area contributed by atoms with Crippen LogP contribution in [0.2, 0.25) is 0 Å². The van der Waals surface area contributed by atoms with Crippen molar-refractivity contribution in [3.8, 4) is 11.4 Å². The summed E-state index contributed by atoms with van der Waals surface area (Å²) in [5.41, 5.74) is 1.09. The van der Waals surface area contributed by atoms with Gasteiger partial charge >= 0.3 is 0 Å². The van der Waals surface area contributed by atoms with Gasteiger partial charge in [0.05, 0.1) is 17.3 Å². The number of rotatable bonds is 3. The predicted molar refractivity (Wildman–Crippen MR) is 99.1 cm³/mol. The van der Waals surface area contributed by atoms with Crippen LogP contribution in [-0.2, 0) is 9.47 Å². The van der Waals surface area contributed by atoms with Crippen molar-refractivity contribution in [2.45, 2.75) is 37.4 Å². The van der Waals surface area contributed by atoms with Crippen molar-refractivity contribution in [3.05, 3.63) is 42.5 Å². The van der Waals surface area contributed by atoms with Gasteiger partial charge in [0.1, 0.15) is 0 Å². The summed E-state index contributed by atoms with van der Waals surface area (Å²) < 4.78 is 11.8. The maximum absolute atomic E-state index is 12.8. The molecule has 1 atom stereocenters. The molecule has 0 bridgehead atoms. The Balaban J connectivity index is 1.42. The van der Waals surface area contributed by atoms with Crippen molar-refractivity contribution >= 4 is 5.91 Å². The zero-order chi connectivity index (χ0) is 18.7. The zero-order valence-corrected chi connectivity index (χ0v) is 15.5. The van der Waals surface area contributed by atoms with Gasteiger partial charge in [0.15, 0.2) is 5.82 Å². The Morgan fingerprint density at radius 3 is 2.70 bits per heavy atom. The molecule has 2 fully saturated rings. The SMILES string of the molecule is CO[C@H]1CCCOC12CCN(C(=O)c1cnc(-c3cccnc3)nc1)CC2. The maximum atomic E-state index is 12.8. The van der Waals surface area contributed by atoms with E-state index in [1.807, 2.05) is 17.0 Å². The first kappa shape index (κ1) is 18.0. The lowest BCUT2D eigenvalue weighted by molar-refractivity contribution is -0.183. The third kappa shape index (κ3) is 3.57. The monoisotopic (exact) mass is 368 g/mol. The molecule has 2 aromatic rings. The Bertz CT molecular complexity index is 774. The van der Waals surface area contributed by atoms with E-state index in [0.717, 1.165) is 37.9 Å². The van der Waals surface area contributed by atoms with E-state index in [4.69, 9.17) is 9.47 Å². The first-order chi connectivity index (χ1) is 13.2. The average molecular weight is 368 g/mol. The van der Waals surface area contributed by atoms with Crippen molar-refractivity contribution in [2.24, 2.45) is 0 Å². The third-order valence-electron chi connectivity index (χ3n) is 5.59. The third-order valence-corrected chi connectivity index (χ3v) is 5.59. The van der Waals surface area contributed by atoms with Gasteiger partial charge in [-0.1, -0.05) is 0 Å². The van der Waals surface area contributed by atoms with E-state index in [-0.39, 0.29) is 17.6 Å². The normalized spacial score (nSPS) is 22.0. The lowest BCUT2D eigenvalue weighted by Crippen LogP contribution is -2.56. The van der Waals surface area contributed by atoms with Gasteiger partial charge in [-0.3, -0.25) is 9.78 Å². The molecule has 0 aliphatic carbocycles. The van der Waals surface area contributed by atoms with Crippen LogP contribution in [0.4, 0.5) is 0 Å². The number of methoxy groups -OCH3 is 1. The summed E-state index contributed by atoms with van der Waals surface area (Å²) in [6.45, 7) is 2.09. The number of likely N-dealkylation sites (tertiary alicyclic amines) is 1. The second-order valence-electron chi connectivity index (χ2n) is 7.11. The molecule has 0 aromatic carbocycles. The van der Waals surface area contributed by atoms with Crippen LogP contribution >= 0.6 is 0 Å². The summed E-state index contributed by atoms with van der Waals surface area (Å²) in [4.78, 5) is 27.4. The Labute approximate surface area is 158 Å². The Kier molecular flexibility index (Phi) is 5.13. The molecular formula is C20H24N4O3. The minimum absolute atomic E-state index is 0.0348.